The fourth-order valence-electron chi connectivity index (χ4n) is 1.63. The maximum absolute atomic E-state index is 12.0. The largest absolute Gasteiger partial charge is 0.494 e. The number of methoxy groups -OCH3 is 1. The van der Waals surface area contributed by atoms with E-state index in [9.17, 15) is 9.59 Å². The number of aliphatic carboxylic acids is 1. The van der Waals surface area contributed by atoms with Gasteiger partial charge in [-0.1, -0.05) is 19.8 Å². The lowest BCUT2D eigenvalue weighted by atomic mass is 10.1. The molecule has 104 valence electrons. The Bertz CT molecular complexity index is 448. The topological polar surface area (TPSA) is 88.5 Å². The van der Waals surface area contributed by atoms with Crippen molar-refractivity contribution >= 4 is 11.9 Å². The first-order valence-corrected chi connectivity index (χ1v) is 6.11. The number of pyridine rings is 1. The zero-order chi connectivity index (χ0) is 14.3. The minimum absolute atomic E-state index is 0.278. The maximum atomic E-state index is 12.0. The van der Waals surface area contributed by atoms with Crippen LogP contribution in [0.3, 0.4) is 0 Å². The van der Waals surface area contributed by atoms with Crippen LogP contribution in [-0.2, 0) is 4.79 Å². The van der Waals surface area contributed by atoms with Gasteiger partial charge in [0.05, 0.1) is 18.9 Å². The summed E-state index contributed by atoms with van der Waals surface area (Å²) in [6.45, 7) is 1.96. The van der Waals surface area contributed by atoms with E-state index in [1.54, 1.807) is 0 Å². The highest BCUT2D eigenvalue weighted by Gasteiger charge is 2.21. The second-order valence-electron chi connectivity index (χ2n) is 4.08. The normalized spacial score (nSPS) is 11.7. The van der Waals surface area contributed by atoms with E-state index >= 15 is 0 Å². The third-order valence-electron chi connectivity index (χ3n) is 2.70. The molecular formula is C13H18N2O4. The Morgan fingerprint density at radius 1 is 1.53 bits per heavy atom. The molecule has 1 aromatic rings. The van der Waals surface area contributed by atoms with Gasteiger partial charge in [-0.2, -0.15) is 0 Å². The molecule has 19 heavy (non-hydrogen) atoms. The van der Waals surface area contributed by atoms with E-state index in [1.165, 1.54) is 25.6 Å². The number of carboxylic acids is 1. The average molecular weight is 266 g/mol. The lowest BCUT2D eigenvalue weighted by molar-refractivity contribution is -0.139. The van der Waals surface area contributed by atoms with Crippen molar-refractivity contribution in [3.8, 4) is 5.75 Å². The molecule has 0 unspecified atom stereocenters. The molecule has 6 nitrogen and oxygen atoms in total. The van der Waals surface area contributed by atoms with Gasteiger partial charge in [-0.3, -0.25) is 9.78 Å². The first kappa shape index (κ1) is 14.9. The molecule has 1 rings (SSSR count). The van der Waals surface area contributed by atoms with E-state index in [4.69, 9.17) is 9.84 Å². The first-order valence-electron chi connectivity index (χ1n) is 6.11. The number of hydrogen-bond acceptors (Lipinski definition) is 4. The Morgan fingerprint density at radius 2 is 2.26 bits per heavy atom. The third-order valence-corrected chi connectivity index (χ3v) is 2.70. The number of amides is 1. The number of carboxylic acid groups (broad SMARTS) is 1. The van der Waals surface area contributed by atoms with Crippen molar-refractivity contribution in [1.82, 2.24) is 10.3 Å². The van der Waals surface area contributed by atoms with Crippen molar-refractivity contribution in [2.75, 3.05) is 7.11 Å². The summed E-state index contributed by atoms with van der Waals surface area (Å²) in [5, 5.41) is 11.6. The average Bonchev–Trinajstić information content (AvgIpc) is 2.42. The molecule has 2 N–H and O–H groups in total. The number of carbonyl (C=O) groups is 2. The predicted molar refractivity (Wildman–Crippen MR) is 69.2 cm³/mol. The van der Waals surface area contributed by atoms with E-state index in [0.29, 0.717) is 12.2 Å². The van der Waals surface area contributed by atoms with Crippen LogP contribution in [0.1, 0.15) is 36.5 Å². The van der Waals surface area contributed by atoms with Crippen LogP contribution < -0.4 is 10.1 Å². The van der Waals surface area contributed by atoms with Crippen LogP contribution in [0.2, 0.25) is 0 Å². The summed E-state index contributed by atoms with van der Waals surface area (Å²) in [6.07, 6.45) is 4.89. The van der Waals surface area contributed by atoms with E-state index in [2.05, 4.69) is 10.3 Å². The summed E-state index contributed by atoms with van der Waals surface area (Å²) >= 11 is 0. The molecule has 0 aliphatic rings. The predicted octanol–water partition coefficient (Wildman–Crippen LogP) is 1.46. The third kappa shape index (κ3) is 4.24. The molecule has 0 aliphatic carbocycles. The van der Waals surface area contributed by atoms with Crippen LogP contribution in [0, 0.1) is 0 Å². The lowest BCUT2D eigenvalue weighted by Gasteiger charge is -2.15. The smallest absolute Gasteiger partial charge is 0.326 e. The first-order chi connectivity index (χ1) is 9.10. The van der Waals surface area contributed by atoms with Gasteiger partial charge in [0.2, 0.25) is 0 Å². The number of ether oxygens (including phenoxy) is 1. The van der Waals surface area contributed by atoms with Crippen molar-refractivity contribution in [1.29, 1.82) is 0 Å². The van der Waals surface area contributed by atoms with Gasteiger partial charge in [-0.15, -0.1) is 0 Å². The molecule has 0 aromatic carbocycles. The summed E-state index contributed by atoms with van der Waals surface area (Å²) in [5.41, 5.74) is 0.278. The highest BCUT2D eigenvalue weighted by molar-refractivity contribution is 5.98. The fraction of sp³-hybridized carbons (Fsp3) is 0.462. The molecule has 1 amide bonds. The Kier molecular flexibility index (Phi) is 5.78. The SMILES string of the molecule is CCCC[C@H](NC(=O)c1ccncc1OC)C(=O)O. The van der Waals surface area contributed by atoms with Gasteiger partial charge >= 0.3 is 5.97 Å². The summed E-state index contributed by atoms with van der Waals surface area (Å²) in [4.78, 5) is 26.9. The lowest BCUT2D eigenvalue weighted by Crippen LogP contribution is -2.40. The molecule has 0 spiro atoms. The Morgan fingerprint density at radius 3 is 2.84 bits per heavy atom. The Balaban J connectivity index is 2.78. The van der Waals surface area contributed by atoms with E-state index in [1.807, 2.05) is 6.92 Å². The van der Waals surface area contributed by atoms with Crippen LogP contribution in [-0.4, -0.2) is 35.1 Å². The highest BCUT2D eigenvalue weighted by atomic mass is 16.5. The summed E-state index contributed by atoms with van der Waals surface area (Å²) in [7, 11) is 1.43. The number of rotatable bonds is 7. The molecular weight excluding hydrogens is 248 g/mol. The van der Waals surface area contributed by atoms with Crippen molar-refractivity contribution in [2.45, 2.75) is 32.2 Å². The van der Waals surface area contributed by atoms with Gasteiger partial charge in [0, 0.05) is 6.20 Å². The second kappa shape index (κ2) is 7.35. The zero-order valence-electron chi connectivity index (χ0n) is 11.0. The molecule has 1 aromatic heterocycles. The monoisotopic (exact) mass is 266 g/mol. The van der Waals surface area contributed by atoms with Crippen LogP contribution >= 0.6 is 0 Å². The van der Waals surface area contributed by atoms with Crippen LogP contribution in [0.5, 0.6) is 5.75 Å². The minimum atomic E-state index is -1.03. The van der Waals surface area contributed by atoms with E-state index in [-0.39, 0.29) is 5.56 Å². The quantitative estimate of drug-likeness (QED) is 0.780. The second-order valence-corrected chi connectivity index (χ2v) is 4.08. The van der Waals surface area contributed by atoms with Gasteiger partial charge in [-0.25, -0.2) is 4.79 Å². The molecule has 0 fully saturated rings. The minimum Gasteiger partial charge on any atom is -0.494 e. The van der Waals surface area contributed by atoms with Crippen molar-refractivity contribution in [3.05, 3.63) is 24.0 Å². The molecule has 0 radical (unpaired) electrons. The molecule has 0 saturated heterocycles. The number of nitrogens with one attached hydrogen (secondary N) is 1. The Labute approximate surface area is 111 Å². The number of aromatic nitrogens is 1. The molecule has 0 saturated carbocycles. The number of unbranched alkanes of at least 4 members (excludes halogenated alkanes) is 1. The zero-order valence-corrected chi connectivity index (χ0v) is 11.0. The molecule has 0 aliphatic heterocycles. The van der Waals surface area contributed by atoms with Gasteiger partial charge < -0.3 is 15.2 Å². The summed E-state index contributed by atoms with van der Waals surface area (Å²) in [5.74, 6) is -1.18. The van der Waals surface area contributed by atoms with Gasteiger partial charge in [0.25, 0.3) is 5.91 Å². The van der Waals surface area contributed by atoms with E-state index in [0.717, 1.165) is 12.8 Å². The molecule has 1 heterocycles. The standard InChI is InChI=1S/C13H18N2O4/c1-3-4-5-10(13(17)18)15-12(16)9-6-7-14-8-11(9)19-2/h6-8,10H,3-5H2,1-2H3,(H,15,16)(H,17,18)/t10-/m0/s1. The van der Waals surface area contributed by atoms with Crippen LogP contribution in [0.15, 0.2) is 18.5 Å². The number of carbonyl (C=O) groups excluding carboxylic acids is 1. The van der Waals surface area contributed by atoms with Crippen LogP contribution in [0.25, 0.3) is 0 Å². The van der Waals surface area contributed by atoms with E-state index < -0.39 is 17.9 Å². The fourth-order valence-corrected chi connectivity index (χ4v) is 1.63. The molecule has 0 bridgehead atoms. The molecule has 6 heteroatoms. The highest BCUT2D eigenvalue weighted by Crippen LogP contribution is 2.15. The van der Waals surface area contributed by atoms with Crippen molar-refractivity contribution in [2.24, 2.45) is 0 Å². The number of hydrogen-bond donors (Lipinski definition) is 2. The van der Waals surface area contributed by atoms with Crippen molar-refractivity contribution < 1.29 is 19.4 Å². The summed E-state index contributed by atoms with van der Waals surface area (Å²) < 4.78 is 5.02. The summed E-state index contributed by atoms with van der Waals surface area (Å²) in [6, 6.07) is 0.609. The van der Waals surface area contributed by atoms with Gasteiger partial charge in [0.15, 0.2) is 0 Å². The number of nitrogens with zero attached hydrogens (tertiary/aromatic N) is 1. The maximum Gasteiger partial charge on any atom is 0.326 e. The van der Waals surface area contributed by atoms with Crippen molar-refractivity contribution in [3.63, 3.8) is 0 Å². The Hall–Kier alpha value is -2.11. The van der Waals surface area contributed by atoms with Gasteiger partial charge in [-0.05, 0) is 12.5 Å². The molecule has 1 atom stereocenters. The van der Waals surface area contributed by atoms with Crippen LogP contribution in [0.4, 0.5) is 0 Å². The van der Waals surface area contributed by atoms with Gasteiger partial charge in [0.1, 0.15) is 11.8 Å².